The molecule has 2 aliphatic heterocycles. The standard InChI is InChI=1S/C18H22FN5O/c1-22-10-2-4-16(22)17-5-3-11-23(17)18(25)15-12-24(21-20-15)14-8-6-13(19)7-9-14/h6-9,12,16-17H,2-5,10-11H2,1H3/t16-,17+/m1/s1. The van der Waals surface area contributed by atoms with Gasteiger partial charge in [0, 0.05) is 18.6 Å². The maximum absolute atomic E-state index is 13.1. The fourth-order valence-electron chi connectivity index (χ4n) is 4.10. The highest BCUT2D eigenvalue weighted by atomic mass is 19.1. The van der Waals surface area contributed by atoms with Crippen molar-refractivity contribution in [2.45, 2.75) is 37.8 Å². The molecule has 0 spiro atoms. The number of likely N-dealkylation sites (tertiary alicyclic amines) is 2. The van der Waals surface area contributed by atoms with E-state index in [2.05, 4.69) is 22.3 Å². The van der Waals surface area contributed by atoms with Crippen LogP contribution in [0.2, 0.25) is 0 Å². The minimum absolute atomic E-state index is 0.0591. The van der Waals surface area contributed by atoms with E-state index in [0.29, 0.717) is 17.4 Å². The molecule has 0 N–H and O–H groups in total. The van der Waals surface area contributed by atoms with Gasteiger partial charge in [0.15, 0.2) is 5.69 Å². The van der Waals surface area contributed by atoms with Crippen LogP contribution in [0.1, 0.15) is 36.2 Å². The molecule has 2 aromatic rings. The number of benzene rings is 1. The lowest BCUT2D eigenvalue weighted by Crippen LogP contribution is -2.47. The molecule has 0 aliphatic carbocycles. The van der Waals surface area contributed by atoms with Gasteiger partial charge in [-0.2, -0.15) is 0 Å². The number of halogens is 1. The predicted molar refractivity (Wildman–Crippen MR) is 91.0 cm³/mol. The second kappa shape index (κ2) is 6.55. The van der Waals surface area contributed by atoms with Crippen LogP contribution in [0.4, 0.5) is 4.39 Å². The highest BCUT2D eigenvalue weighted by Crippen LogP contribution is 2.29. The van der Waals surface area contributed by atoms with Gasteiger partial charge in [-0.25, -0.2) is 9.07 Å². The van der Waals surface area contributed by atoms with Crippen molar-refractivity contribution >= 4 is 5.91 Å². The molecule has 2 aliphatic rings. The average molecular weight is 343 g/mol. The third-order valence-corrected chi connectivity index (χ3v) is 5.38. The number of nitrogens with zero attached hydrogens (tertiary/aromatic N) is 5. The lowest BCUT2D eigenvalue weighted by molar-refractivity contribution is 0.0658. The number of hydrogen-bond acceptors (Lipinski definition) is 4. The van der Waals surface area contributed by atoms with Gasteiger partial charge in [-0.15, -0.1) is 5.10 Å². The summed E-state index contributed by atoms with van der Waals surface area (Å²) in [4.78, 5) is 17.3. The zero-order chi connectivity index (χ0) is 17.4. The molecule has 25 heavy (non-hydrogen) atoms. The van der Waals surface area contributed by atoms with Crippen LogP contribution in [0.3, 0.4) is 0 Å². The van der Waals surface area contributed by atoms with Crippen LogP contribution in [0.5, 0.6) is 0 Å². The second-order valence-electron chi connectivity index (χ2n) is 6.92. The molecular formula is C18H22FN5O. The van der Waals surface area contributed by atoms with Crippen LogP contribution >= 0.6 is 0 Å². The van der Waals surface area contributed by atoms with Crippen molar-refractivity contribution in [1.29, 1.82) is 0 Å². The summed E-state index contributed by atoms with van der Waals surface area (Å²) in [6.07, 6.45) is 6.05. The Hall–Kier alpha value is -2.28. The third kappa shape index (κ3) is 3.04. The molecule has 2 atom stereocenters. The SMILES string of the molecule is CN1CCC[C@@H]1[C@@H]1CCCN1C(=O)c1cn(-c2ccc(F)cc2)nn1. The largest absolute Gasteiger partial charge is 0.333 e. The van der Waals surface area contributed by atoms with Crippen molar-refractivity contribution in [3.63, 3.8) is 0 Å². The Morgan fingerprint density at radius 2 is 1.84 bits per heavy atom. The van der Waals surface area contributed by atoms with Gasteiger partial charge >= 0.3 is 0 Å². The molecule has 0 unspecified atom stereocenters. The molecule has 1 amide bonds. The monoisotopic (exact) mass is 343 g/mol. The normalized spacial score (nSPS) is 24.2. The zero-order valence-electron chi connectivity index (χ0n) is 14.3. The molecule has 3 heterocycles. The van der Waals surface area contributed by atoms with Crippen LogP contribution in [0.15, 0.2) is 30.5 Å². The quantitative estimate of drug-likeness (QED) is 0.856. The fraction of sp³-hybridized carbons (Fsp3) is 0.500. The Morgan fingerprint density at radius 1 is 1.12 bits per heavy atom. The Balaban J connectivity index is 1.53. The fourth-order valence-corrected chi connectivity index (χ4v) is 4.10. The van der Waals surface area contributed by atoms with Crippen LogP contribution in [-0.4, -0.2) is 62.9 Å². The van der Waals surface area contributed by atoms with E-state index < -0.39 is 0 Å². The lowest BCUT2D eigenvalue weighted by Gasteiger charge is -2.32. The summed E-state index contributed by atoms with van der Waals surface area (Å²) < 4.78 is 14.6. The zero-order valence-corrected chi connectivity index (χ0v) is 14.3. The summed E-state index contributed by atoms with van der Waals surface area (Å²) >= 11 is 0. The molecule has 132 valence electrons. The summed E-state index contributed by atoms with van der Waals surface area (Å²) in [6, 6.07) is 6.67. The molecule has 7 heteroatoms. The molecule has 0 bridgehead atoms. The van der Waals surface area contributed by atoms with Crippen LogP contribution in [0, 0.1) is 5.82 Å². The summed E-state index contributed by atoms with van der Waals surface area (Å²) in [5.41, 5.74) is 1.03. The first-order chi connectivity index (χ1) is 12.1. The van der Waals surface area contributed by atoms with Gasteiger partial charge < -0.3 is 9.80 Å². The maximum atomic E-state index is 13.1. The number of rotatable bonds is 3. The van der Waals surface area contributed by atoms with Crippen molar-refractivity contribution in [3.8, 4) is 5.69 Å². The summed E-state index contributed by atoms with van der Waals surface area (Å²) in [5.74, 6) is -0.364. The van der Waals surface area contributed by atoms with Crippen LogP contribution in [-0.2, 0) is 0 Å². The van der Waals surface area contributed by atoms with Crippen molar-refractivity contribution < 1.29 is 9.18 Å². The van der Waals surface area contributed by atoms with E-state index in [1.807, 2.05) is 4.90 Å². The van der Waals surface area contributed by atoms with Gasteiger partial charge in [-0.3, -0.25) is 4.79 Å². The number of likely N-dealkylation sites (N-methyl/N-ethyl adjacent to an activating group) is 1. The molecule has 4 rings (SSSR count). The van der Waals surface area contributed by atoms with Crippen molar-refractivity contribution in [2.75, 3.05) is 20.1 Å². The molecular weight excluding hydrogens is 321 g/mol. The number of aromatic nitrogens is 3. The lowest BCUT2D eigenvalue weighted by atomic mass is 10.0. The molecule has 2 fully saturated rings. The number of hydrogen-bond donors (Lipinski definition) is 0. The second-order valence-corrected chi connectivity index (χ2v) is 6.92. The van der Waals surface area contributed by atoms with Crippen molar-refractivity contribution in [1.82, 2.24) is 24.8 Å². The molecule has 6 nitrogen and oxygen atoms in total. The Bertz CT molecular complexity index is 759. The van der Waals surface area contributed by atoms with Gasteiger partial charge in [-0.05, 0) is 63.5 Å². The van der Waals surface area contributed by atoms with Gasteiger partial charge in [0.1, 0.15) is 5.82 Å². The van der Waals surface area contributed by atoms with Crippen LogP contribution in [0.25, 0.3) is 5.69 Å². The van der Waals surface area contributed by atoms with E-state index in [0.717, 1.165) is 32.4 Å². The first kappa shape index (κ1) is 16.2. The summed E-state index contributed by atoms with van der Waals surface area (Å²) in [6.45, 7) is 1.88. The van der Waals surface area contributed by atoms with Gasteiger partial charge in [0.25, 0.3) is 5.91 Å². The van der Waals surface area contributed by atoms with E-state index in [1.165, 1.54) is 23.2 Å². The minimum Gasteiger partial charge on any atom is -0.333 e. The number of amides is 1. The highest BCUT2D eigenvalue weighted by Gasteiger charge is 2.39. The Labute approximate surface area is 146 Å². The molecule has 1 aromatic carbocycles. The molecule has 0 radical (unpaired) electrons. The van der Waals surface area contributed by atoms with E-state index in [9.17, 15) is 9.18 Å². The van der Waals surface area contributed by atoms with Crippen molar-refractivity contribution in [3.05, 3.63) is 42.0 Å². The predicted octanol–water partition coefficient (Wildman–Crippen LogP) is 2.11. The molecule has 0 saturated carbocycles. The summed E-state index contributed by atoms with van der Waals surface area (Å²) in [5, 5.41) is 8.09. The van der Waals surface area contributed by atoms with Crippen LogP contribution < -0.4 is 0 Å². The van der Waals surface area contributed by atoms with Gasteiger partial charge in [-0.1, -0.05) is 5.21 Å². The summed E-state index contributed by atoms with van der Waals surface area (Å²) in [7, 11) is 2.14. The van der Waals surface area contributed by atoms with Gasteiger partial charge in [0.05, 0.1) is 11.9 Å². The molecule has 2 saturated heterocycles. The Kier molecular flexibility index (Phi) is 4.25. The Morgan fingerprint density at radius 3 is 2.56 bits per heavy atom. The third-order valence-electron chi connectivity index (χ3n) is 5.38. The number of carbonyl (C=O) groups excluding carboxylic acids is 1. The van der Waals surface area contributed by atoms with E-state index in [1.54, 1.807) is 18.3 Å². The first-order valence-electron chi connectivity index (χ1n) is 8.83. The molecule has 1 aromatic heterocycles. The highest BCUT2D eigenvalue weighted by molar-refractivity contribution is 5.92. The first-order valence-corrected chi connectivity index (χ1v) is 8.83. The topological polar surface area (TPSA) is 54.3 Å². The smallest absolute Gasteiger partial charge is 0.276 e. The number of carbonyl (C=O) groups is 1. The maximum Gasteiger partial charge on any atom is 0.276 e. The van der Waals surface area contributed by atoms with E-state index >= 15 is 0 Å². The van der Waals surface area contributed by atoms with Gasteiger partial charge in [0.2, 0.25) is 0 Å². The van der Waals surface area contributed by atoms with E-state index in [4.69, 9.17) is 0 Å². The van der Waals surface area contributed by atoms with Crippen molar-refractivity contribution in [2.24, 2.45) is 0 Å². The minimum atomic E-state index is -0.305. The van der Waals surface area contributed by atoms with E-state index in [-0.39, 0.29) is 17.8 Å². The average Bonchev–Trinajstić information content (AvgIpc) is 3.35.